The van der Waals surface area contributed by atoms with E-state index in [4.69, 9.17) is 34.5 Å². The lowest BCUT2D eigenvalue weighted by Crippen LogP contribution is -2.36. The highest BCUT2D eigenvalue weighted by molar-refractivity contribution is 7.47. The first-order chi connectivity index (χ1) is 21.8. The number of aromatic amines is 1. The van der Waals surface area contributed by atoms with E-state index >= 15 is 0 Å². The van der Waals surface area contributed by atoms with E-state index in [2.05, 4.69) is 29.9 Å². The van der Waals surface area contributed by atoms with Crippen molar-refractivity contribution in [3.63, 3.8) is 0 Å². The first-order valence-electron chi connectivity index (χ1n) is 13.2. The number of rotatable bonds is 10. The molecule has 6 rings (SSSR count). The van der Waals surface area contributed by atoms with E-state index in [1.165, 1.54) is 10.9 Å². The number of nitrogens with one attached hydrogen (secondary N) is 1. The van der Waals surface area contributed by atoms with Crippen molar-refractivity contribution < 1.29 is 57.3 Å². The molecule has 6 heterocycles. The van der Waals surface area contributed by atoms with Gasteiger partial charge in [-0.3, -0.25) is 28.0 Å². The largest absolute Gasteiger partial charge is 0.695 e. The van der Waals surface area contributed by atoms with E-state index in [1.807, 2.05) is 0 Å². The molecule has 2 unspecified atom stereocenters. The summed E-state index contributed by atoms with van der Waals surface area (Å²) in [6.07, 6.45) is -9.88. The van der Waals surface area contributed by atoms with Crippen molar-refractivity contribution in [1.29, 1.82) is 0 Å². The van der Waals surface area contributed by atoms with Crippen LogP contribution in [0.2, 0.25) is 0 Å². The summed E-state index contributed by atoms with van der Waals surface area (Å²) >= 11 is 0. The minimum atomic E-state index is -5.18. The molecule has 25 heteroatoms. The Kier molecular flexibility index (Phi) is 8.60. The Morgan fingerprint density at radius 2 is 1.67 bits per heavy atom. The number of aromatic nitrogens is 8. The number of nitrogens with zero attached hydrogens (tertiary/aromatic N) is 7. The second-order valence-electron chi connectivity index (χ2n) is 10.2. The van der Waals surface area contributed by atoms with Crippen LogP contribution in [0.3, 0.4) is 0 Å². The van der Waals surface area contributed by atoms with Crippen LogP contribution in [-0.4, -0.2) is 114 Å². The number of nitrogens with two attached hydrogens (primary N) is 2. The first-order valence-corrected chi connectivity index (χ1v) is 15.9. The van der Waals surface area contributed by atoms with Crippen LogP contribution in [0.5, 0.6) is 0 Å². The van der Waals surface area contributed by atoms with Crippen molar-refractivity contribution in [1.82, 2.24) is 39.0 Å². The van der Waals surface area contributed by atoms with E-state index < -0.39 is 83.9 Å². The van der Waals surface area contributed by atoms with Crippen LogP contribution in [0, 0.1) is 6.92 Å². The average Bonchev–Trinajstić information content (AvgIpc) is 3.73. The van der Waals surface area contributed by atoms with E-state index in [0.29, 0.717) is 0 Å². The molecule has 0 saturated carbocycles. The van der Waals surface area contributed by atoms with Crippen LogP contribution >= 0.6 is 16.1 Å². The standard InChI is InChI=1S/C21H26N10O13P2/c1-6-26-15(22)9-16(27-6)30(4-24-9)19-12(34)13(43-45(36)37)8(42-19)3-40-46(38,39)44-14-11(33)7(2-32)41-20(14)31-5-25-10-17(31)28-21(23)29-18(10)35/h4-5,7-8,11-14,19-20,32-34H,2-3H2,1H3,(H6-,22,23,26,27,28,29,35,36,37,38,39)/p+1/t7-,8-,11-,12-,13-,14-,19-,20-/m1/s1. The van der Waals surface area contributed by atoms with E-state index in [9.17, 15) is 39.0 Å². The number of hydrogen-bond donors (Lipinski definition) is 8. The lowest BCUT2D eigenvalue weighted by atomic mass is 10.1. The zero-order chi connectivity index (χ0) is 33.1. The van der Waals surface area contributed by atoms with Crippen molar-refractivity contribution in [3.8, 4) is 0 Å². The van der Waals surface area contributed by atoms with E-state index in [-0.39, 0.29) is 39.9 Å². The molecule has 2 fully saturated rings. The zero-order valence-corrected chi connectivity index (χ0v) is 25.2. The molecule has 10 N–H and O–H groups in total. The van der Waals surface area contributed by atoms with Gasteiger partial charge in [-0.1, -0.05) is 0 Å². The summed E-state index contributed by atoms with van der Waals surface area (Å²) in [6.45, 7) is -0.0158. The van der Waals surface area contributed by atoms with Crippen molar-refractivity contribution in [2.24, 2.45) is 0 Å². The van der Waals surface area contributed by atoms with Gasteiger partial charge in [-0.05, 0) is 6.92 Å². The van der Waals surface area contributed by atoms with Gasteiger partial charge in [0.25, 0.3) is 5.56 Å². The molecule has 2 aliphatic heterocycles. The van der Waals surface area contributed by atoms with Gasteiger partial charge in [0, 0.05) is 4.57 Å². The molecule has 0 radical (unpaired) electrons. The maximum Gasteiger partial charge on any atom is 0.695 e. The third-order valence-corrected chi connectivity index (χ3v) is 8.64. The number of imidazole rings is 2. The number of hydrogen-bond acceptors (Lipinski definition) is 18. The highest BCUT2D eigenvalue weighted by atomic mass is 31.2. The second kappa shape index (κ2) is 12.2. The van der Waals surface area contributed by atoms with Gasteiger partial charge in [0.1, 0.15) is 41.9 Å². The highest BCUT2D eigenvalue weighted by Gasteiger charge is 2.53. The molecular weight excluding hydrogens is 662 g/mol. The average molecular weight is 689 g/mol. The lowest BCUT2D eigenvalue weighted by Gasteiger charge is -2.24. The maximum atomic E-state index is 13.2. The zero-order valence-electron chi connectivity index (χ0n) is 23.4. The normalized spacial score (nSPS) is 29.9. The smallest absolute Gasteiger partial charge is 0.394 e. The molecule has 46 heavy (non-hydrogen) atoms. The Hall–Kier alpha value is -3.57. The van der Waals surface area contributed by atoms with Crippen LogP contribution in [0.4, 0.5) is 11.8 Å². The Morgan fingerprint density at radius 1 is 1.02 bits per heavy atom. The summed E-state index contributed by atoms with van der Waals surface area (Å²) in [6, 6.07) is 0. The van der Waals surface area contributed by atoms with Crippen LogP contribution in [0.15, 0.2) is 17.4 Å². The van der Waals surface area contributed by atoms with Gasteiger partial charge < -0.3 is 41.2 Å². The number of aliphatic hydroxyl groups is 3. The molecule has 2 saturated heterocycles. The molecule has 0 aliphatic carbocycles. The molecule has 4 aromatic heterocycles. The molecule has 0 aromatic carbocycles. The SMILES string of the molecule is Cc1nc(N)c2ncn([C@@H]3O[C@H](COP(=O)(O)O[C@@H]4[C@H](O)[C@@H](CO)O[C@H]4n4cnc5c(=O)[nH]c(N)nc54)[C@@H](O[P+](=O)O)[C@H]3O)c2n1. The Morgan fingerprint density at radius 3 is 2.37 bits per heavy atom. The van der Waals surface area contributed by atoms with Crippen LogP contribution in [-0.2, 0) is 32.2 Å². The molecule has 248 valence electrons. The third-order valence-electron chi connectivity index (χ3n) is 7.23. The Balaban J connectivity index is 1.23. The predicted octanol–water partition coefficient (Wildman–Crippen LogP) is -2.52. The van der Waals surface area contributed by atoms with Crippen LogP contribution in [0.25, 0.3) is 22.3 Å². The van der Waals surface area contributed by atoms with E-state index in [1.54, 1.807) is 6.92 Å². The van der Waals surface area contributed by atoms with Crippen LogP contribution in [0.1, 0.15) is 18.3 Å². The van der Waals surface area contributed by atoms with Crippen LogP contribution < -0.4 is 17.0 Å². The van der Waals surface area contributed by atoms with Gasteiger partial charge in [0.2, 0.25) is 5.95 Å². The molecule has 4 aromatic rings. The van der Waals surface area contributed by atoms with Crippen molar-refractivity contribution in [3.05, 3.63) is 28.8 Å². The van der Waals surface area contributed by atoms with E-state index in [0.717, 1.165) is 10.9 Å². The minimum absolute atomic E-state index is 0.0489. The monoisotopic (exact) mass is 689 g/mol. The molecule has 23 nitrogen and oxygen atoms in total. The predicted molar refractivity (Wildman–Crippen MR) is 149 cm³/mol. The number of H-pyrrole nitrogens is 1. The fourth-order valence-electron chi connectivity index (χ4n) is 5.24. The van der Waals surface area contributed by atoms with Gasteiger partial charge in [-0.25, -0.2) is 24.5 Å². The molecule has 0 spiro atoms. The Labute approximate surface area is 256 Å². The number of aliphatic hydroxyl groups excluding tert-OH is 3. The number of phosphoric ester groups is 1. The van der Waals surface area contributed by atoms with Gasteiger partial charge in [0.15, 0.2) is 41.2 Å². The van der Waals surface area contributed by atoms with Gasteiger partial charge in [0.05, 0.1) is 25.9 Å². The number of phosphoric acid groups is 1. The number of ether oxygens (including phenoxy) is 2. The summed E-state index contributed by atoms with van der Waals surface area (Å²) in [7, 11) is -8.47. The topological polar surface area (TPSA) is 341 Å². The minimum Gasteiger partial charge on any atom is -0.394 e. The summed E-state index contributed by atoms with van der Waals surface area (Å²) < 4.78 is 53.9. The summed E-state index contributed by atoms with van der Waals surface area (Å²) in [5.74, 6) is 0.0457. The lowest BCUT2D eigenvalue weighted by molar-refractivity contribution is -0.0609. The summed E-state index contributed by atoms with van der Waals surface area (Å²) in [4.78, 5) is 54.9. The maximum absolute atomic E-state index is 13.2. The van der Waals surface area contributed by atoms with Crippen molar-refractivity contribution in [2.45, 2.75) is 56.0 Å². The number of fused-ring (bicyclic) bond motifs is 2. The fourth-order valence-corrected chi connectivity index (χ4v) is 6.64. The number of nitrogen functional groups attached to an aromatic ring is 2. The highest BCUT2D eigenvalue weighted by Crippen LogP contribution is 2.50. The summed E-state index contributed by atoms with van der Waals surface area (Å²) in [5, 5.41) is 31.5. The molecule has 0 amide bonds. The Bertz CT molecular complexity index is 1900. The number of aryl methyl sites for hydroxylation is 1. The quantitative estimate of drug-likeness (QED) is 0.0796. The first kappa shape index (κ1) is 32.4. The fraction of sp³-hybridized carbons (Fsp3) is 0.524. The third kappa shape index (κ3) is 5.88. The molecule has 2 aliphatic rings. The molecular formula is C21H27N10O13P2+. The van der Waals surface area contributed by atoms with Crippen molar-refractivity contribution >= 4 is 50.2 Å². The molecule has 10 atom stereocenters. The van der Waals surface area contributed by atoms with Crippen molar-refractivity contribution in [2.75, 3.05) is 24.7 Å². The summed E-state index contributed by atoms with van der Waals surface area (Å²) in [5.41, 5.74) is 10.9. The van der Waals surface area contributed by atoms with Gasteiger partial charge in [-0.15, -0.1) is 9.42 Å². The second-order valence-corrected chi connectivity index (χ2v) is 12.3. The van der Waals surface area contributed by atoms with Gasteiger partial charge in [-0.2, -0.15) is 4.98 Å². The number of anilines is 2. The molecule has 0 bridgehead atoms. The van der Waals surface area contributed by atoms with Gasteiger partial charge >= 0.3 is 16.1 Å².